The molecule has 3 saturated heterocycles. The fourth-order valence-corrected chi connectivity index (χ4v) is 4.16. The Labute approximate surface area is 126 Å². The van der Waals surface area contributed by atoms with Crippen molar-refractivity contribution in [1.29, 1.82) is 0 Å². The highest BCUT2D eigenvalue weighted by atomic mass is 16.5. The van der Waals surface area contributed by atoms with Crippen molar-refractivity contribution in [2.45, 2.75) is 43.4 Å². The van der Waals surface area contributed by atoms with Gasteiger partial charge in [-0.2, -0.15) is 0 Å². The second-order valence-corrected chi connectivity index (χ2v) is 6.72. The van der Waals surface area contributed by atoms with Crippen LogP contribution in [0.3, 0.4) is 0 Å². The Hall–Kier alpha value is -1.10. The first-order valence-corrected chi connectivity index (χ1v) is 8.15. The zero-order chi connectivity index (χ0) is 14.3. The molecular weight excluding hydrogens is 264 g/mol. The number of nitrogens with one attached hydrogen (secondary N) is 1. The van der Waals surface area contributed by atoms with E-state index in [4.69, 9.17) is 4.74 Å². The lowest BCUT2D eigenvalue weighted by Crippen LogP contribution is -2.46. The van der Waals surface area contributed by atoms with Gasteiger partial charge in [0.05, 0.1) is 18.8 Å². The van der Waals surface area contributed by atoms with E-state index in [9.17, 15) is 5.11 Å². The Morgan fingerprint density at radius 3 is 2.29 bits per heavy atom. The van der Waals surface area contributed by atoms with Crippen LogP contribution in [0.2, 0.25) is 0 Å². The number of piperidine rings is 1. The van der Waals surface area contributed by atoms with E-state index in [1.165, 1.54) is 18.5 Å². The minimum Gasteiger partial charge on any atom is -0.385 e. The molecule has 0 radical (unpaired) electrons. The number of anilines is 1. The largest absolute Gasteiger partial charge is 0.385 e. The molecule has 4 nitrogen and oxygen atoms in total. The van der Waals surface area contributed by atoms with Crippen LogP contribution in [0, 0.1) is 0 Å². The van der Waals surface area contributed by atoms with Gasteiger partial charge in [0.1, 0.15) is 0 Å². The maximum atomic E-state index is 11.1. The van der Waals surface area contributed by atoms with E-state index in [2.05, 4.69) is 34.5 Å². The van der Waals surface area contributed by atoms with Crippen molar-refractivity contribution in [3.8, 4) is 0 Å². The molecule has 2 N–H and O–H groups in total. The van der Waals surface area contributed by atoms with Gasteiger partial charge in [0.25, 0.3) is 0 Å². The van der Waals surface area contributed by atoms with E-state index < -0.39 is 5.60 Å². The average molecular weight is 288 g/mol. The molecule has 4 heteroatoms. The minimum absolute atomic E-state index is 0.493. The third-order valence-electron chi connectivity index (χ3n) is 5.28. The number of nitrogens with zero attached hydrogens (tertiary/aromatic N) is 1. The number of hydrogen-bond acceptors (Lipinski definition) is 4. The molecule has 3 heterocycles. The van der Waals surface area contributed by atoms with Crippen LogP contribution in [0.1, 0.15) is 31.2 Å². The van der Waals surface area contributed by atoms with Crippen LogP contribution in [0.4, 0.5) is 5.69 Å². The summed E-state index contributed by atoms with van der Waals surface area (Å²) in [6.45, 7) is 3.52. The van der Waals surface area contributed by atoms with Gasteiger partial charge in [-0.05, 0) is 43.4 Å². The fraction of sp³-hybridized carbons (Fsp3) is 0.647. The third-order valence-corrected chi connectivity index (χ3v) is 5.28. The fourth-order valence-electron chi connectivity index (χ4n) is 4.16. The topological polar surface area (TPSA) is 44.7 Å². The molecule has 3 aliphatic rings. The molecule has 0 aromatic heterocycles. The Morgan fingerprint density at radius 2 is 1.67 bits per heavy atom. The predicted octanol–water partition coefficient (Wildman–Crippen LogP) is 1.63. The van der Waals surface area contributed by atoms with Crippen LogP contribution in [0.5, 0.6) is 0 Å². The van der Waals surface area contributed by atoms with Crippen LogP contribution in [-0.2, 0) is 10.3 Å². The van der Waals surface area contributed by atoms with Crippen molar-refractivity contribution in [2.24, 2.45) is 0 Å². The van der Waals surface area contributed by atoms with Crippen molar-refractivity contribution in [1.82, 2.24) is 5.32 Å². The molecule has 1 aromatic carbocycles. The van der Waals surface area contributed by atoms with Crippen molar-refractivity contribution in [3.05, 3.63) is 29.8 Å². The van der Waals surface area contributed by atoms with Gasteiger partial charge in [0.15, 0.2) is 0 Å². The molecule has 21 heavy (non-hydrogen) atoms. The molecule has 2 unspecified atom stereocenters. The second-order valence-electron chi connectivity index (χ2n) is 6.72. The molecule has 3 aliphatic heterocycles. The van der Waals surface area contributed by atoms with Gasteiger partial charge in [-0.1, -0.05) is 12.1 Å². The third kappa shape index (κ3) is 2.56. The molecule has 0 saturated carbocycles. The first-order valence-electron chi connectivity index (χ1n) is 8.15. The summed E-state index contributed by atoms with van der Waals surface area (Å²) in [5.74, 6) is 0. The van der Waals surface area contributed by atoms with Gasteiger partial charge in [-0.25, -0.2) is 0 Å². The van der Waals surface area contributed by atoms with E-state index in [0.29, 0.717) is 12.1 Å². The number of benzene rings is 1. The highest BCUT2D eigenvalue weighted by Crippen LogP contribution is 2.41. The lowest BCUT2D eigenvalue weighted by molar-refractivity contribution is -0.0114. The van der Waals surface area contributed by atoms with Crippen molar-refractivity contribution < 1.29 is 9.84 Å². The number of fused-ring (bicyclic) bond motifs is 2. The molecule has 0 aliphatic carbocycles. The summed E-state index contributed by atoms with van der Waals surface area (Å²) in [5.41, 5.74) is 1.68. The maximum Gasteiger partial charge on any atom is 0.0926 e. The van der Waals surface area contributed by atoms with Crippen molar-refractivity contribution >= 4 is 5.69 Å². The van der Waals surface area contributed by atoms with Crippen molar-refractivity contribution in [2.75, 3.05) is 31.2 Å². The second kappa shape index (κ2) is 5.27. The lowest BCUT2D eigenvalue weighted by atomic mass is 9.81. The number of hydrogen-bond donors (Lipinski definition) is 2. The summed E-state index contributed by atoms with van der Waals surface area (Å²) in [5, 5.41) is 14.6. The zero-order valence-electron chi connectivity index (χ0n) is 12.4. The lowest BCUT2D eigenvalue weighted by Gasteiger charge is -2.38. The summed E-state index contributed by atoms with van der Waals surface area (Å²) in [6.07, 6.45) is 4.11. The van der Waals surface area contributed by atoms with Gasteiger partial charge in [-0.3, -0.25) is 0 Å². The Bertz CT molecular complexity index is 484. The van der Waals surface area contributed by atoms with E-state index >= 15 is 0 Å². The van der Waals surface area contributed by atoms with E-state index in [1.54, 1.807) is 0 Å². The van der Waals surface area contributed by atoms with E-state index in [1.807, 2.05) is 0 Å². The maximum absolute atomic E-state index is 11.1. The number of morpholine rings is 1. The van der Waals surface area contributed by atoms with Crippen LogP contribution >= 0.6 is 0 Å². The smallest absolute Gasteiger partial charge is 0.0926 e. The van der Waals surface area contributed by atoms with Gasteiger partial charge < -0.3 is 20.1 Å². The number of aliphatic hydroxyl groups is 1. The predicted molar refractivity (Wildman–Crippen MR) is 82.6 cm³/mol. The molecule has 1 aromatic rings. The van der Waals surface area contributed by atoms with Crippen molar-refractivity contribution in [3.63, 3.8) is 0 Å². The van der Waals surface area contributed by atoms with Gasteiger partial charge in [0.2, 0.25) is 0 Å². The Kier molecular flexibility index (Phi) is 3.40. The summed E-state index contributed by atoms with van der Waals surface area (Å²) in [6, 6.07) is 9.54. The van der Waals surface area contributed by atoms with Gasteiger partial charge in [0, 0.05) is 30.9 Å². The van der Waals surface area contributed by atoms with Gasteiger partial charge >= 0.3 is 0 Å². The minimum atomic E-state index is -0.638. The quantitative estimate of drug-likeness (QED) is 0.868. The van der Waals surface area contributed by atoms with Crippen LogP contribution in [0.15, 0.2) is 24.3 Å². The van der Waals surface area contributed by atoms with Gasteiger partial charge in [-0.15, -0.1) is 0 Å². The molecule has 114 valence electrons. The van der Waals surface area contributed by atoms with Crippen LogP contribution in [-0.4, -0.2) is 43.5 Å². The summed E-state index contributed by atoms with van der Waals surface area (Å²) in [4.78, 5) is 2.35. The molecule has 4 rings (SSSR count). The molecule has 2 atom stereocenters. The molecule has 3 fully saturated rings. The molecule has 2 bridgehead atoms. The SMILES string of the molecule is OC1(c2ccc(N3CCOCC3)cc2)CC2CCC(C1)N2. The number of rotatable bonds is 2. The Morgan fingerprint density at radius 1 is 1.05 bits per heavy atom. The summed E-state index contributed by atoms with van der Waals surface area (Å²) >= 11 is 0. The number of ether oxygens (including phenoxy) is 1. The van der Waals surface area contributed by atoms with E-state index in [0.717, 1.165) is 44.7 Å². The van der Waals surface area contributed by atoms with Crippen LogP contribution in [0.25, 0.3) is 0 Å². The summed E-state index contributed by atoms with van der Waals surface area (Å²) in [7, 11) is 0. The normalized spacial score (nSPS) is 36.0. The monoisotopic (exact) mass is 288 g/mol. The standard InChI is InChI=1S/C17H24N2O2/c20-17(11-14-3-4-15(12-17)18-14)13-1-5-16(6-2-13)19-7-9-21-10-8-19/h1-2,5-6,14-15,18,20H,3-4,7-12H2. The molecule has 0 spiro atoms. The van der Waals surface area contributed by atoms with Crippen LogP contribution < -0.4 is 10.2 Å². The first-order chi connectivity index (χ1) is 10.2. The Balaban J connectivity index is 1.53. The molecule has 0 amide bonds. The highest BCUT2D eigenvalue weighted by molar-refractivity contribution is 5.49. The highest BCUT2D eigenvalue weighted by Gasteiger charge is 2.43. The average Bonchev–Trinajstić information content (AvgIpc) is 2.88. The molecular formula is C17H24N2O2. The van der Waals surface area contributed by atoms with E-state index in [-0.39, 0.29) is 0 Å². The first kappa shape index (κ1) is 13.6. The zero-order valence-corrected chi connectivity index (χ0v) is 12.4. The summed E-state index contributed by atoms with van der Waals surface area (Å²) < 4.78 is 5.40.